The van der Waals surface area contributed by atoms with Crippen molar-refractivity contribution in [3.63, 3.8) is 0 Å². The fourth-order valence-corrected chi connectivity index (χ4v) is 2.08. The summed E-state index contributed by atoms with van der Waals surface area (Å²) >= 11 is 0. The summed E-state index contributed by atoms with van der Waals surface area (Å²) in [5.41, 5.74) is 2.22. The van der Waals surface area contributed by atoms with Gasteiger partial charge in [-0.2, -0.15) is 0 Å². The van der Waals surface area contributed by atoms with Gasteiger partial charge in [0.15, 0.2) is 0 Å². The number of nitrogens with one attached hydrogen (secondary N) is 1. The zero-order valence-electron chi connectivity index (χ0n) is 14.8. The molecule has 0 aliphatic rings. The maximum Gasteiger partial charge on any atom is 0.407 e. The summed E-state index contributed by atoms with van der Waals surface area (Å²) in [6, 6.07) is 8.04. The second kappa shape index (κ2) is 9.18. The second-order valence-electron chi connectivity index (χ2n) is 6.31. The van der Waals surface area contributed by atoms with E-state index in [-0.39, 0.29) is 18.4 Å². The van der Waals surface area contributed by atoms with Crippen LogP contribution in [0.1, 0.15) is 44.7 Å². The maximum absolute atomic E-state index is 11.7. The zero-order chi connectivity index (χ0) is 17.4. The summed E-state index contributed by atoms with van der Waals surface area (Å²) < 4.78 is 5.16. The number of likely N-dealkylation sites (N-methyl/N-ethyl adjacent to an activating group) is 1. The highest BCUT2D eigenvalue weighted by Gasteiger charge is 2.12. The lowest BCUT2D eigenvalue weighted by Gasteiger charge is -2.19. The Bertz CT molecular complexity index is 510. The average Bonchev–Trinajstić information content (AvgIpc) is 2.52. The first-order valence-corrected chi connectivity index (χ1v) is 8.05. The molecule has 23 heavy (non-hydrogen) atoms. The standard InChI is InChI=1S/C18H28N2O3/c1-13(2)16-8-6-15(7-9-16)12-23-18(22)19-10-11-20(5)17(21)14(3)4/h6-9,13-14H,10-12H2,1-5H3,(H,19,22). The molecule has 1 aromatic rings. The van der Waals surface area contributed by atoms with Crippen molar-refractivity contribution in [1.82, 2.24) is 10.2 Å². The summed E-state index contributed by atoms with van der Waals surface area (Å²) in [5, 5.41) is 2.65. The van der Waals surface area contributed by atoms with Gasteiger partial charge in [0, 0.05) is 26.1 Å². The molecule has 0 aromatic heterocycles. The highest BCUT2D eigenvalue weighted by atomic mass is 16.5. The largest absolute Gasteiger partial charge is 0.445 e. The molecule has 128 valence electrons. The van der Waals surface area contributed by atoms with Crippen LogP contribution in [0, 0.1) is 5.92 Å². The Kier molecular flexibility index (Phi) is 7.59. The number of hydrogen-bond acceptors (Lipinski definition) is 3. The van der Waals surface area contributed by atoms with Gasteiger partial charge in [0.25, 0.3) is 0 Å². The van der Waals surface area contributed by atoms with E-state index in [1.165, 1.54) is 5.56 Å². The van der Waals surface area contributed by atoms with Crippen LogP contribution < -0.4 is 5.32 Å². The number of carbonyl (C=O) groups excluding carboxylic acids is 2. The van der Waals surface area contributed by atoms with E-state index in [1.54, 1.807) is 11.9 Å². The van der Waals surface area contributed by atoms with Crippen LogP contribution in [0.25, 0.3) is 0 Å². The molecular formula is C18H28N2O3. The highest BCUT2D eigenvalue weighted by molar-refractivity contribution is 5.77. The molecule has 5 nitrogen and oxygen atoms in total. The smallest absolute Gasteiger partial charge is 0.407 e. The molecule has 0 saturated carbocycles. The van der Waals surface area contributed by atoms with Crippen LogP contribution in [0.2, 0.25) is 0 Å². The molecule has 0 atom stereocenters. The molecule has 0 fully saturated rings. The Morgan fingerprint density at radius 2 is 1.74 bits per heavy atom. The van der Waals surface area contributed by atoms with Crippen molar-refractivity contribution in [2.45, 2.75) is 40.2 Å². The number of benzene rings is 1. The van der Waals surface area contributed by atoms with Crippen LogP contribution in [0.15, 0.2) is 24.3 Å². The van der Waals surface area contributed by atoms with Crippen molar-refractivity contribution in [1.29, 1.82) is 0 Å². The number of hydrogen-bond donors (Lipinski definition) is 1. The summed E-state index contributed by atoms with van der Waals surface area (Å²) in [6.45, 7) is 9.07. The monoisotopic (exact) mass is 320 g/mol. The first kappa shape index (κ1) is 19.0. The van der Waals surface area contributed by atoms with Crippen LogP contribution in [-0.4, -0.2) is 37.0 Å². The first-order chi connectivity index (χ1) is 10.8. The van der Waals surface area contributed by atoms with Crippen LogP contribution >= 0.6 is 0 Å². The number of alkyl carbamates (subject to hydrolysis) is 1. The molecule has 0 unspecified atom stereocenters. The highest BCUT2D eigenvalue weighted by Crippen LogP contribution is 2.15. The number of carbonyl (C=O) groups is 2. The average molecular weight is 320 g/mol. The lowest BCUT2D eigenvalue weighted by Crippen LogP contribution is -2.38. The van der Waals surface area contributed by atoms with Gasteiger partial charge in [0.1, 0.15) is 6.61 Å². The summed E-state index contributed by atoms with van der Waals surface area (Å²) in [5.74, 6) is 0.505. The molecule has 2 amide bonds. The molecule has 0 saturated heterocycles. The van der Waals surface area contributed by atoms with E-state index in [1.807, 2.05) is 38.1 Å². The molecular weight excluding hydrogens is 292 g/mol. The van der Waals surface area contributed by atoms with Gasteiger partial charge in [-0.15, -0.1) is 0 Å². The maximum atomic E-state index is 11.7. The van der Waals surface area contributed by atoms with E-state index < -0.39 is 6.09 Å². The summed E-state index contributed by atoms with van der Waals surface area (Å²) in [6.07, 6.45) is -0.469. The molecule has 1 N–H and O–H groups in total. The minimum Gasteiger partial charge on any atom is -0.445 e. The van der Waals surface area contributed by atoms with Crippen molar-refractivity contribution in [3.8, 4) is 0 Å². The Morgan fingerprint density at radius 1 is 1.13 bits per heavy atom. The second-order valence-corrected chi connectivity index (χ2v) is 6.31. The zero-order valence-corrected chi connectivity index (χ0v) is 14.8. The van der Waals surface area contributed by atoms with Crippen molar-refractivity contribution in [2.24, 2.45) is 5.92 Å². The minimum atomic E-state index is -0.469. The van der Waals surface area contributed by atoms with Crippen LogP contribution in [0.4, 0.5) is 4.79 Å². The normalized spacial score (nSPS) is 10.7. The number of rotatable bonds is 7. The van der Waals surface area contributed by atoms with Gasteiger partial charge in [-0.25, -0.2) is 4.79 Å². The molecule has 1 rings (SSSR count). The van der Waals surface area contributed by atoms with Crippen LogP contribution in [-0.2, 0) is 16.1 Å². The number of amides is 2. The van der Waals surface area contributed by atoms with Gasteiger partial charge in [0.2, 0.25) is 5.91 Å². The minimum absolute atomic E-state index is 0.0410. The number of ether oxygens (including phenoxy) is 1. The SMILES string of the molecule is CC(C)C(=O)N(C)CCNC(=O)OCc1ccc(C(C)C)cc1. The Labute approximate surface area is 139 Å². The van der Waals surface area contributed by atoms with Gasteiger partial charge >= 0.3 is 6.09 Å². The predicted molar refractivity (Wildman–Crippen MR) is 91.2 cm³/mol. The van der Waals surface area contributed by atoms with E-state index in [2.05, 4.69) is 19.2 Å². The molecule has 5 heteroatoms. The van der Waals surface area contributed by atoms with Crippen molar-refractivity contribution < 1.29 is 14.3 Å². The van der Waals surface area contributed by atoms with Crippen LogP contribution in [0.5, 0.6) is 0 Å². The van der Waals surface area contributed by atoms with Crippen molar-refractivity contribution >= 4 is 12.0 Å². The molecule has 0 bridgehead atoms. The van der Waals surface area contributed by atoms with Gasteiger partial charge in [-0.3, -0.25) is 4.79 Å². The van der Waals surface area contributed by atoms with Gasteiger partial charge in [0.05, 0.1) is 0 Å². The van der Waals surface area contributed by atoms with Crippen LogP contribution in [0.3, 0.4) is 0 Å². The Hall–Kier alpha value is -2.04. The number of nitrogens with zero attached hydrogens (tertiary/aromatic N) is 1. The van der Waals surface area contributed by atoms with Crippen molar-refractivity contribution in [2.75, 3.05) is 20.1 Å². The van der Waals surface area contributed by atoms with Crippen molar-refractivity contribution in [3.05, 3.63) is 35.4 Å². The molecule has 0 heterocycles. The van der Waals surface area contributed by atoms with Gasteiger partial charge in [-0.1, -0.05) is 52.0 Å². The quantitative estimate of drug-likeness (QED) is 0.839. The third-order valence-electron chi connectivity index (χ3n) is 3.60. The predicted octanol–water partition coefficient (Wildman–Crippen LogP) is 3.15. The van der Waals surface area contributed by atoms with E-state index in [0.29, 0.717) is 19.0 Å². The molecule has 0 aliphatic carbocycles. The van der Waals surface area contributed by atoms with E-state index >= 15 is 0 Å². The van der Waals surface area contributed by atoms with E-state index in [0.717, 1.165) is 5.56 Å². The lowest BCUT2D eigenvalue weighted by molar-refractivity contribution is -0.133. The third kappa shape index (κ3) is 6.72. The van der Waals surface area contributed by atoms with Gasteiger partial charge < -0.3 is 15.0 Å². The lowest BCUT2D eigenvalue weighted by atomic mass is 10.0. The van der Waals surface area contributed by atoms with E-state index in [4.69, 9.17) is 4.74 Å². The van der Waals surface area contributed by atoms with E-state index in [9.17, 15) is 9.59 Å². The molecule has 0 aliphatic heterocycles. The third-order valence-corrected chi connectivity index (χ3v) is 3.60. The molecule has 0 spiro atoms. The fourth-order valence-electron chi connectivity index (χ4n) is 2.08. The summed E-state index contributed by atoms with van der Waals surface area (Å²) in [4.78, 5) is 24.9. The fraction of sp³-hybridized carbons (Fsp3) is 0.556. The molecule has 1 aromatic carbocycles. The first-order valence-electron chi connectivity index (χ1n) is 8.05. The Morgan fingerprint density at radius 3 is 2.26 bits per heavy atom. The topological polar surface area (TPSA) is 58.6 Å². The van der Waals surface area contributed by atoms with Gasteiger partial charge in [-0.05, 0) is 17.0 Å². The Balaban J connectivity index is 2.28. The summed E-state index contributed by atoms with van der Waals surface area (Å²) in [7, 11) is 1.73. The molecule has 0 radical (unpaired) electrons.